The molecule has 1 aromatic carbocycles. The molecule has 1 unspecified atom stereocenters. The van der Waals surface area contributed by atoms with E-state index in [4.69, 9.17) is 5.26 Å². The molecule has 4 nitrogen and oxygen atoms in total. The first-order chi connectivity index (χ1) is 9.69. The van der Waals surface area contributed by atoms with Crippen molar-refractivity contribution >= 4 is 11.6 Å². The lowest BCUT2D eigenvalue weighted by Gasteiger charge is -2.19. The van der Waals surface area contributed by atoms with Gasteiger partial charge in [0.15, 0.2) is 0 Å². The van der Waals surface area contributed by atoms with Crippen LogP contribution in [0.25, 0.3) is 0 Å². The molecular formula is C16H21N3O. The lowest BCUT2D eigenvalue weighted by Crippen LogP contribution is -2.34. The lowest BCUT2D eigenvalue weighted by molar-refractivity contribution is -0.117. The average molecular weight is 271 g/mol. The zero-order valence-electron chi connectivity index (χ0n) is 11.9. The highest BCUT2D eigenvalue weighted by atomic mass is 16.2. The molecule has 1 heterocycles. The molecule has 0 aromatic heterocycles. The fourth-order valence-electron chi connectivity index (χ4n) is 2.56. The molecule has 1 amide bonds. The van der Waals surface area contributed by atoms with Crippen LogP contribution >= 0.6 is 0 Å². The first kappa shape index (κ1) is 14.5. The molecule has 0 aliphatic carbocycles. The molecule has 0 bridgehead atoms. The van der Waals surface area contributed by atoms with E-state index < -0.39 is 0 Å². The second-order valence-electron chi connectivity index (χ2n) is 5.52. The summed E-state index contributed by atoms with van der Waals surface area (Å²) in [5, 5.41) is 11.8. The summed E-state index contributed by atoms with van der Waals surface area (Å²) in [6.07, 6.45) is 3.56. The third-order valence-electron chi connectivity index (χ3n) is 3.80. The minimum atomic E-state index is -0.0396. The Morgan fingerprint density at radius 1 is 1.40 bits per heavy atom. The number of likely N-dealkylation sites (tertiary alicyclic amines) is 1. The highest BCUT2D eigenvalue weighted by Gasteiger charge is 2.16. The van der Waals surface area contributed by atoms with Gasteiger partial charge in [-0.25, -0.2) is 0 Å². The van der Waals surface area contributed by atoms with E-state index in [-0.39, 0.29) is 5.91 Å². The van der Waals surface area contributed by atoms with Crippen LogP contribution < -0.4 is 5.32 Å². The van der Waals surface area contributed by atoms with Gasteiger partial charge in [-0.15, -0.1) is 0 Å². The maximum Gasteiger partial charge on any atom is 0.238 e. The van der Waals surface area contributed by atoms with Crippen molar-refractivity contribution in [2.75, 3.05) is 25.0 Å². The number of nitrogens with zero attached hydrogens (tertiary/aromatic N) is 2. The number of para-hydroxylation sites is 1. The van der Waals surface area contributed by atoms with Crippen LogP contribution in [-0.4, -0.2) is 30.4 Å². The molecule has 1 saturated heterocycles. The number of amides is 1. The van der Waals surface area contributed by atoms with Crippen molar-refractivity contribution in [1.82, 2.24) is 4.90 Å². The predicted octanol–water partition coefficient (Wildman–Crippen LogP) is 2.62. The average Bonchev–Trinajstić information content (AvgIpc) is 2.64. The van der Waals surface area contributed by atoms with Crippen LogP contribution in [0.2, 0.25) is 0 Å². The van der Waals surface area contributed by atoms with E-state index in [0.29, 0.717) is 17.8 Å². The van der Waals surface area contributed by atoms with Gasteiger partial charge in [0, 0.05) is 0 Å². The van der Waals surface area contributed by atoms with Crippen LogP contribution in [0.5, 0.6) is 0 Å². The van der Waals surface area contributed by atoms with Crippen LogP contribution in [0, 0.1) is 17.2 Å². The van der Waals surface area contributed by atoms with E-state index in [1.54, 1.807) is 18.2 Å². The van der Waals surface area contributed by atoms with Gasteiger partial charge in [-0.1, -0.05) is 19.1 Å². The maximum absolute atomic E-state index is 12.1. The number of carbonyl (C=O) groups is 1. The van der Waals surface area contributed by atoms with Gasteiger partial charge in [0.05, 0.1) is 17.8 Å². The summed E-state index contributed by atoms with van der Waals surface area (Å²) >= 11 is 0. The van der Waals surface area contributed by atoms with Crippen LogP contribution in [0.15, 0.2) is 24.3 Å². The largest absolute Gasteiger partial charge is 0.324 e. The molecule has 0 saturated carbocycles. The Kier molecular flexibility index (Phi) is 5.14. The highest BCUT2D eigenvalue weighted by molar-refractivity contribution is 5.93. The predicted molar refractivity (Wildman–Crippen MR) is 79.2 cm³/mol. The van der Waals surface area contributed by atoms with Gasteiger partial charge in [0.1, 0.15) is 6.07 Å². The lowest BCUT2D eigenvalue weighted by atomic mass is 10.0. The van der Waals surface area contributed by atoms with Gasteiger partial charge in [-0.05, 0) is 50.4 Å². The van der Waals surface area contributed by atoms with E-state index >= 15 is 0 Å². The van der Waals surface area contributed by atoms with Crippen molar-refractivity contribution in [3.63, 3.8) is 0 Å². The van der Waals surface area contributed by atoms with Crippen molar-refractivity contribution in [3.8, 4) is 6.07 Å². The topological polar surface area (TPSA) is 56.1 Å². The second kappa shape index (κ2) is 7.06. The third-order valence-corrected chi connectivity index (χ3v) is 3.80. The van der Waals surface area contributed by atoms with Crippen LogP contribution in [0.4, 0.5) is 5.69 Å². The molecule has 1 aliphatic rings. The summed E-state index contributed by atoms with van der Waals surface area (Å²) in [6, 6.07) is 9.19. The monoisotopic (exact) mass is 271 g/mol. The molecular weight excluding hydrogens is 250 g/mol. The Morgan fingerprint density at radius 3 is 3.00 bits per heavy atom. The molecule has 1 aromatic rings. The van der Waals surface area contributed by atoms with Crippen LogP contribution in [-0.2, 0) is 4.79 Å². The van der Waals surface area contributed by atoms with Crippen LogP contribution in [0.3, 0.4) is 0 Å². The number of nitriles is 1. The maximum atomic E-state index is 12.1. The van der Waals surface area contributed by atoms with Crippen molar-refractivity contribution in [2.45, 2.75) is 26.2 Å². The van der Waals surface area contributed by atoms with Crippen molar-refractivity contribution in [3.05, 3.63) is 29.8 Å². The molecule has 0 spiro atoms. The first-order valence-corrected chi connectivity index (χ1v) is 7.20. The van der Waals surface area contributed by atoms with Gasteiger partial charge in [-0.2, -0.15) is 5.26 Å². The molecule has 20 heavy (non-hydrogen) atoms. The SMILES string of the molecule is CC1CCCN(CC(=O)Nc2ccccc2C#N)CC1. The zero-order valence-corrected chi connectivity index (χ0v) is 11.9. The molecule has 106 valence electrons. The molecule has 0 radical (unpaired) electrons. The van der Waals surface area contributed by atoms with Gasteiger partial charge >= 0.3 is 0 Å². The summed E-state index contributed by atoms with van der Waals surface area (Å²) < 4.78 is 0. The Bertz CT molecular complexity index is 507. The smallest absolute Gasteiger partial charge is 0.238 e. The number of hydrogen-bond donors (Lipinski definition) is 1. The Morgan fingerprint density at radius 2 is 2.20 bits per heavy atom. The number of rotatable bonds is 3. The zero-order chi connectivity index (χ0) is 14.4. The standard InChI is InChI=1S/C16H21N3O/c1-13-5-4-9-19(10-8-13)12-16(20)18-15-7-3-2-6-14(15)11-17/h2-3,6-7,13H,4-5,8-10,12H2,1H3,(H,18,20). The molecule has 1 N–H and O–H groups in total. The summed E-state index contributed by atoms with van der Waals surface area (Å²) in [7, 11) is 0. The van der Waals surface area contributed by atoms with E-state index in [0.717, 1.165) is 31.8 Å². The summed E-state index contributed by atoms with van der Waals surface area (Å²) in [5.41, 5.74) is 1.11. The van der Waals surface area contributed by atoms with E-state index in [1.165, 1.54) is 6.42 Å². The molecule has 1 atom stereocenters. The van der Waals surface area contributed by atoms with Gasteiger partial charge < -0.3 is 5.32 Å². The van der Waals surface area contributed by atoms with E-state index in [1.807, 2.05) is 6.07 Å². The van der Waals surface area contributed by atoms with E-state index in [9.17, 15) is 4.79 Å². The van der Waals surface area contributed by atoms with Crippen molar-refractivity contribution < 1.29 is 4.79 Å². The van der Waals surface area contributed by atoms with Crippen molar-refractivity contribution in [2.24, 2.45) is 5.92 Å². The minimum Gasteiger partial charge on any atom is -0.324 e. The second-order valence-corrected chi connectivity index (χ2v) is 5.52. The normalized spacial score (nSPS) is 19.9. The van der Waals surface area contributed by atoms with Crippen molar-refractivity contribution in [1.29, 1.82) is 5.26 Å². The molecule has 2 rings (SSSR count). The Balaban J connectivity index is 1.91. The number of benzene rings is 1. The fraction of sp³-hybridized carbons (Fsp3) is 0.500. The number of nitrogens with one attached hydrogen (secondary N) is 1. The molecule has 4 heteroatoms. The number of carbonyl (C=O) groups excluding carboxylic acids is 1. The minimum absolute atomic E-state index is 0.0396. The fourth-order valence-corrected chi connectivity index (χ4v) is 2.56. The highest BCUT2D eigenvalue weighted by Crippen LogP contribution is 2.17. The first-order valence-electron chi connectivity index (χ1n) is 7.20. The molecule has 1 aliphatic heterocycles. The number of hydrogen-bond acceptors (Lipinski definition) is 3. The van der Waals surface area contributed by atoms with E-state index in [2.05, 4.69) is 23.2 Å². The van der Waals surface area contributed by atoms with Crippen LogP contribution in [0.1, 0.15) is 31.7 Å². The summed E-state index contributed by atoms with van der Waals surface area (Å²) in [5.74, 6) is 0.713. The summed E-state index contributed by atoms with van der Waals surface area (Å²) in [6.45, 7) is 4.64. The summed E-state index contributed by atoms with van der Waals surface area (Å²) in [4.78, 5) is 14.3. The number of anilines is 1. The quantitative estimate of drug-likeness (QED) is 0.919. The van der Waals surface area contributed by atoms with Gasteiger partial charge in [0.25, 0.3) is 0 Å². The Hall–Kier alpha value is -1.86. The third kappa shape index (κ3) is 4.07. The van der Waals surface area contributed by atoms with Gasteiger partial charge in [0.2, 0.25) is 5.91 Å². The van der Waals surface area contributed by atoms with Gasteiger partial charge in [-0.3, -0.25) is 9.69 Å². The Labute approximate surface area is 120 Å². The molecule has 1 fully saturated rings.